The van der Waals surface area contributed by atoms with Crippen LogP contribution in [0.25, 0.3) is 0 Å². The van der Waals surface area contributed by atoms with Gasteiger partial charge < -0.3 is 5.32 Å². The first-order valence-electron chi connectivity index (χ1n) is 6.29. The highest BCUT2D eigenvalue weighted by molar-refractivity contribution is 9.10. The number of halogens is 1. The van der Waals surface area contributed by atoms with Crippen molar-refractivity contribution >= 4 is 33.0 Å². The molecule has 19 heavy (non-hydrogen) atoms. The van der Waals surface area contributed by atoms with Crippen molar-refractivity contribution in [2.45, 2.75) is 25.4 Å². The fraction of sp³-hybridized carbons (Fsp3) is 0.267. The van der Waals surface area contributed by atoms with Gasteiger partial charge in [-0.25, -0.2) is 0 Å². The van der Waals surface area contributed by atoms with Crippen molar-refractivity contribution in [1.82, 2.24) is 5.32 Å². The predicted octanol–water partition coefficient (Wildman–Crippen LogP) is 3.34. The molecule has 0 aliphatic carbocycles. The molecular weight excluding hydrogens is 322 g/mol. The minimum Gasteiger partial charge on any atom is -0.303 e. The van der Waals surface area contributed by atoms with Crippen molar-refractivity contribution in [3.05, 3.63) is 56.2 Å². The second-order valence-corrected chi connectivity index (χ2v) is 6.60. The Morgan fingerprint density at radius 1 is 1.32 bits per heavy atom. The average Bonchev–Trinajstić information content (AvgIpc) is 2.84. The minimum atomic E-state index is -0.0519. The number of ketones is 1. The summed E-state index contributed by atoms with van der Waals surface area (Å²) in [7, 11) is 0. The van der Waals surface area contributed by atoms with Crippen LogP contribution >= 0.6 is 27.3 Å². The number of carbonyl (C=O) groups is 1. The first-order chi connectivity index (χ1) is 9.24. The van der Waals surface area contributed by atoms with Crippen LogP contribution < -0.4 is 5.32 Å². The highest BCUT2D eigenvalue weighted by Gasteiger charge is 2.24. The van der Waals surface area contributed by atoms with Gasteiger partial charge in [0.1, 0.15) is 0 Å². The van der Waals surface area contributed by atoms with Crippen molar-refractivity contribution in [2.75, 3.05) is 0 Å². The highest BCUT2D eigenvalue weighted by atomic mass is 79.9. The lowest BCUT2D eigenvalue weighted by Gasteiger charge is -2.25. The number of carbonyl (C=O) groups excluding carboxylic acids is 1. The standard InChI is InChI=1S/C15H14BrNOS/c16-12-5-6-19-15(12)8-14(18)13-7-10-3-1-2-4-11(10)9-17-13/h1-6,13,17H,7-9H2. The zero-order valence-corrected chi connectivity index (χ0v) is 12.8. The average molecular weight is 336 g/mol. The third kappa shape index (κ3) is 2.81. The summed E-state index contributed by atoms with van der Waals surface area (Å²) >= 11 is 5.11. The summed E-state index contributed by atoms with van der Waals surface area (Å²) in [5.41, 5.74) is 2.61. The van der Waals surface area contributed by atoms with Crippen LogP contribution in [-0.2, 0) is 24.2 Å². The van der Waals surface area contributed by atoms with E-state index in [2.05, 4.69) is 33.4 Å². The summed E-state index contributed by atoms with van der Waals surface area (Å²) in [6.07, 6.45) is 1.32. The van der Waals surface area contributed by atoms with Crippen molar-refractivity contribution in [2.24, 2.45) is 0 Å². The molecule has 0 bridgehead atoms. The Hall–Kier alpha value is -0.970. The van der Waals surface area contributed by atoms with E-state index in [9.17, 15) is 4.79 Å². The zero-order chi connectivity index (χ0) is 13.2. The van der Waals surface area contributed by atoms with Crippen LogP contribution in [0, 0.1) is 0 Å². The monoisotopic (exact) mass is 335 g/mol. The molecule has 0 spiro atoms. The lowest BCUT2D eigenvalue weighted by Crippen LogP contribution is -2.42. The molecule has 1 aromatic heterocycles. The summed E-state index contributed by atoms with van der Waals surface area (Å²) in [4.78, 5) is 13.5. The maximum Gasteiger partial charge on any atom is 0.155 e. The van der Waals surface area contributed by atoms with Crippen LogP contribution in [0.15, 0.2) is 40.2 Å². The van der Waals surface area contributed by atoms with Gasteiger partial charge >= 0.3 is 0 Å². The molecule has 1 aromatic carbocycles. The maximum atomic E-state index is 12.4. The Kier molecular flexibility index (Phi) is 3.82. The molecule has 0 saturated carbocycles. The molecule has 1 unspecified atom stereocenters. The van der Waals surface area contributed by atoms with Crippen LogP contribution in [-0.4, -0.2) is 11.8 Å². The SMILES string of the molecule is O=C(Cc1sccc1Br)C1Cc2ccccc2CN1. The van der Waals surface area contributed by atoms with Crippen molar-refractivity contribution in [1.29, 1.82) is 0 Å². The lowest BCUT2D eigenvalue weighted by atomic mass is 9.92. The molecule has 1 aliphatic heterocycles. The number of hydrogen-bond acceptors (Lipinski definition) is 3. The molecule has 2 nitrogen and oxygen atoms in total. The van der Waals surface area contributed by atoms with Crippen molar-refractivity contribution in [3.8, 4) is 0 Å². The second-order valence-electron chi connectivity index (χ2n) is 4.74. The molecule has 3 rings (SSSR count). The molecular formula is C15H14BrNOS. The van der Waals surface area contributed by atoms with E-state index < -0.39 is 0 Å². The van der Waals surface area contributed by atoms with Crippen molar-refractivity contribution < 1.29 is 4.79 Å². The van der Waals surface area contributed by atoms with E-state index in [4.69, 9.17) is 0 Å². The molecule has 0 fully saturated rings. The Morgan fingerprint density at radius 2 is 2.11 bits per heavy atom. The number of fused-ring (bicyclic) bond motifs is 1. The van der Waals surface area contributed by atoms with E-state index in [1.165, 1.54) is 11.1 Å². The minimum absolute atomic E-state index is 0.0519. The normalized spacial score (nSPS) is 18.1. The Labute approximate surface area is 125 Å². The topological polar surface area (TPSA) is 29.1 Å². The smallest absolute Gasteiger partial charge is 0.155 e. The van der Waals surface area contributed by atoms with Crippen LogP contribution in [0.3, 0.4) is 0 Å². The van der Waals surface area contributed by atoms with Gasteiger partial charge in [-0.05, 0) is 44.9 Å². The molecule has 98 valence electrons. The molecule has 0 saturated heterocycles. The summed E-state index contributed by atoms with van der Waals surface area (Å²) in [6.45, 7) is 0.790. The van der Waals surface area contributed by atoms with E-state index in [1.807, 2.05) is 23.6 Å². The largest absolute Gasteiger partial charge is 0.303 e. The third-order valence-corrected chi connectivity index (χ3v) is 5.42. The number of hydrogen-bond donors (Lipinski definition) is 1. The van der Waals surface area contributed by atoms with Gasteiger partial charge in [0.2, 0.25) is 0 Å². The number of thiophene rings is 1. The quantitative estimate of drug-likeness (QED) is 0.932. The second kappa shape index (κ2) is 5.57. The number of Topliss-reactive ketones (excluding diaryl/α,β-unsaturated/α-hetero) is 1. The van der Waals surface area contributed by atoms with Crippen LogP contribution in [0.1, 0.15) is 16.0 Å². The fourth-order valence-corrected chi connectivity index (χ4v) is 3.92. The number of nitrogens with one attached hydrogen (secondary N) is 1. The molecule has 4 heteroatoms. The molecule has 0 amide bonds. The fourth-order valence-electron chi connectivity index (χ4n) is 2.41. The molecule has 2 heterocycles. The zero-order valence-electron chi connectivity index (χ0n) is 10.4. The Bertz CT molecular complexity index is 608. The van der Waals surface area contributed by atoms with Gasteiger partial charge in [-0.1, -0.05) is 24.3 Å². The molecule has 1 aliphatic rings. The van der Waals surface area contributed by atoms with Gasteiger partial charge in [-0.3, -0.25) is 4.79 Å². The van der Waals surface area contributed by atoms with Crippen molar-refractivity contribution in [3.63, 3.8) is 0 Å². The summed E-state index contributed by atoms with van der Waals surface area (Å²) in [5, 5.41) is 5.36. The van der Waals surface area contributed by atoms with E-state index in [-0.39, 0.29) is 11.8 Å². The van der Waals surface area contributed by atoms with E-state index >= 15 is 0 Å². The lowest BCUT2D eigenvalue weighted by molar-refractivity contribution is -0.120. The van der Waals surface area contributed by atoms with Crippen LogP contribution in [0.5, 0.6) is 0 Å². The first-order valence-corrected chi connectivity index (χ1v) is 7.96. The summed E-state index contributed by atoms with van der Waals surface area (Å²) in [5.74, 6) is 0.276. The maximum absolute atomic E-state index is 12.4. The molecule has 1 N–H and O–H groups in total. The number of benzene rings is 1. The van der Waals surface area contributed by atoms with Gasteiger partial charge in [-0.15, -0.1) is 11.3 Å². The van der Waals surface area contributed by atoms with Gasteiger partial charge in [0.25, 0.3) is 0 Å². The predicted molar refractivity (Wildman–Crippen MR) is 81.5 cm³/mol. The van der Waals surface area contributed by atoms with Gasteiger partial charge in [-0.2, -0.15) is 0 Å². The van der Waals surface area contributed by atoms with Gasteiger partial charge in [0, 0.05) is 22.3 Å². The van der Waals surface area contributed by atoms with E-state index in [0.29, 0.717) is 6.42 Å². The van der Waals surface area contributed by atoms with Crippen LogP contribution in [0.2, 0.25) is 0 Å². The van der Waals surface area contributed by atoms with E-state index in [1.54, 1.807) is 11.3 Å². The Morgan fingerprint density at radius 3 is 2.84 bits per heavy atom. The van der Waals surface area contributed by atoms with Crippen LogP contribution in [0.4, 0.5) is 0 Å². The molecule has 0 radical (unpaired) electrons. The first kappa shape index (κ1) is 13.0. The third-order valence-electron chi connectivity index (χ3n) is 3.50. The van der Waals surface area contributed by atoms with Gasteiger partial charge in [0.15, 0.2) is 5.78 Å². The summed E-state index contributed by atoms with van der Waals surface area (Å²) in [6, 6.07) is 10.3. The van der Waals surface area contributed by atoms with E-state index in [0.717, 1.165) is 22.3 Å². The molecule has 2 aromatic rings. The molecule has 1 atom stereocenters. The van der Waals surface area contributed by atoms with Gasteiger partial charge in [0.05, 0.1) is 6.04 Å². The Balaban J connectivity index is 1.71. The highest BCUT2D eigenvalue weighted by Crippen LogP contribution is 2.24. The number of rotatable bonds is 3. The summed E-state index contributed by atoms with van der Waals surface area (Å²) < 4.78 is 1.04.